The smallest absolute Gasteiger partial charge is 0.257 e. The molecule has 1 aromatic carbocycles. The summed E-state index contributed by atoms with van der Waals surface area (Å²) < 4.78 is 18.2. The number of hydrogen-bond donors (Lipinski definition) is 2. The van der Waals surface area contributed by atoms with E-state index in [0.717, 1.165) is 0 Å². The third-order valence-corrected chi connectivity index (χ3v) is 2.93. The van der Waals surface area contributed by atoms with Crippen molar-refractivity contribution in [2.45, 2.75) is 39.3 Å². The average Bonchev–Trinajstić information content (AvgIpc) is 2.82. The fourth-order valence-electron chi connectivity index (χ4n) is 2.02. The Hall–Kier alpha value is -2.21. The Kier molecular flexibility index (Phi) is 4.32. The Bertz CT molecular complexity index is 670. The van der Waals surface area contributed by atoms with Crippen LogP contribution in [0.15, 0.2) is 28.8 Å². The number of benzene rings is 1. The number of hydrogen-bond acceptors (Lipinski definition) is 4. The van der Waals surface area contributed by atoms with E-state index in [-0.39, 0.29) is 22.8 Å². The summed E-state index contributed by atoms with van der Waals surface area (Å²) in [7, 11) is 0. The second-order valence-electron chi connectivity index (χ2n) is 6.16. The molecule has 2 aromatic rings. The predicted molar refractivity (Wildman–Crippen MR) is 79.8 cm³/mol. The van der Waals surface area contributed by atoms with Crippen LogP contribution in [0.5, 0.6) is 0 Å². The summed E-state index contributed by atoms with van der Waals surface area (Å²) in [5.74, 6) is -0.700. The molecule has 118 valence electrons. The number of aliphatic hydroxyl groups is 1. The summed E-state index contributed by atoms with van der Waals surface area (Å²) in [4.78, 5) is 12.5. The lowest BCUT2D eigenvalue weighted by atomic mass is 10.0. The first-order valence-corrected chi connectivity index (χ1v) is 6.95. The van der Waals surface area contributed by atoms with Gasteiger partial charge in [0.1, 0.15) is 23.2 Å². The highest BCUT2D eigenvalue weighted by Crippen LogP contribution is 2.29. The number of rotatable bonds is 3. The van der Waals surface area contributed by atoms with E-state index in [2.05, 4.69) is 10.5 Å². The molecule has 2 rings (SSSR count). The van der Waals surface area contributed by atoms with E-state index < -0.39 is 17.6 Å². The molecule has 2 N–H and O–H groups in total. The quantitative estimate of drug-likeness (QED) is 0.914. The van der Waals surface area contributed by atoms with Crippen molar-refractivity contribution in [2.24, 2.45) is 0 Å². The lowest BCUT2D eigenvalue weighted by Gasteiger charge is -2.20. The number of carbonyl (C=O) groups excluding carboxylic acids is 1. The van der Waals surface area contributed by atoms with Crippen molar-refractivity contribution in [3.63, 3.8) is 0 Å². The van der Waals surface area contributed by atoms with E-state index in [0.29, 0.717) is 5.56 Å². The molecule has 0 unspecified atom stereocenters. The number of nitrogens with zero attached hydrogens (tertiary/aromatic N) is 1. The monoisotopic (exact) mass is 306 g/mol. The van der Waals surface area contributed by atoms with E-state index in [1.165, 1.54) is 31.2 Å². The highest BCUT2D eigenvalue weighted by Gasteiger charge is 2.28. The second kappa shape index (κ2) is 5.88. The third-order valence-electron chi connectivity index (χ3n) is 2.93. The summed E-state index contributed by atoms with van der Waals surface area (Å²) in [5.41, 5.74) is 0.523. The summed E-state index contributed by atoms with van der Waals surface area (Å²) >= 11 is 0. The molecule has 0 saturated heterocycles. The van der Waals surface area contributed by atoms with Crippen LogP contribution in [0.4, 0.5) is 4.39 Å². The number of halogens is 1. The minimum atomic E-state index is -0.984. The SMILES string of the molecule is C[C@H](O)c1onc(-c2ccc(F)cc2)c1C(=O)NC(C)(C)C. The Morgan fingerprint density at radius 3 is 2.41 bits per heavy atom. The number of nitrogens with one attached hydrogen (secondary N) is 1. The normalized spacial score (nSPS) is 13.0. The van der Waals surface area contributed by atoms with Gasteiger partial charge in [-0.05, 0) is 52.0 Å². The predicted octanol–water partition coefficient (Wildman–Crippen LogP) is 3.06. The molecule has 0 saturated carbocycles. The first-order chi connectivity index (χ1) is 10.2. The lowest BCUT2D eigenvalue weighted by Crippen LogP contribution is -2.41. The van der Waals surface area contributed by atoms with Gasteiger partial charge < -0.3 is 14.9 Å². The van der Waals surface area contributed by atoms with Gasteiger partial charge in [-0.1, -0.05) is 5.16 Å². The van der Waals surface area contributed by atoms with Crippen LogP contribution in [0, 0.1) is 5.82 Å². The summed E-state index contributed by atoms with van der Waals surface area (Å²) in [6, 6.07) is 5.56. The van der Waals surface area contributed by atoms with Crippen LogP contribution >= 0.6 is 0 Å². The Balaban J connectivity index is 2.51. The molecule has 0 spiro atoms. The summed E-state index contributed by atoms with van der Waals surface area (Å²) in [5, 5.41) is 16.5. The van der Waals surface area contributed by atoms with Gasteiger partial charge >= 0.3 is 0 Å². The Labute approximate surface area is 128 Å². The van der Waals surface area contributed by atoms with E-state index in [4.69, 9.17) is 4.52 Å². The van der Waals surface area contributed by atoms with Crippen molar-refractivity contribution in [2.75, 3.05) is 0 Å². The van der Waals surface area contributed by atoms with Gasteiger partial charge in [-0.2, -0.15) is 0 Å². The van der Waals surface area contributed by atoms with Crippen molar-refractivity contribution in [1.29, 1.82) is 0 Å². The zero-order valence-corrected chi connectivity index (χ0v) is 13.0. The average molecular weight is 306 g/mol. The van der Waals surface area contributed by atoms with E-state index in [1.807, 2.05) is 20.8 Å². The Morgan fingerprint density at radius 1 is 1.32 bits per heavy atom. The van der Waals surface area contributed by atoms with Crippen LogP contribution in [0.2, 0.25) is 0 Å². The highest BCUT2D eigenvalue weighted by molar-refractivity contribution is 6.01. The Morgan fingerprint density at radius 2 is 1.91 bits per heavy atom. The van der Waals surface area contributed by atoms with Gasteiger partial charge in [0.15, 0.2) is 5.76 Å². The summed E-state index contributed by atoms with van der Waals surface area (Å²) in [6.45, 7) is 7.02. The molecular formula is C16H19FN2O3. The van der Waals surface area contributed by atoms with Gasteiger partial charge in [0, 0.05) is 11.1 Å². The topological polar surface area (TPSA) is 75.4 Å². The maximum absolute atomic E-state index is 13.1. The van der Waals surface area contributed by atoms with Crippen LogP contribution in [0.3, 0.4) is 0 Å². The summed E-state index contributed by atoms with van der Waals surface area (Å²) in [6.07, 6.45) is -0.984. The zero-order valence-electron chi connectivity index (χ0n) is 13.0. The highest BCUT2D eigenvalue weighted by atomic mass is 19.1. The van der Waals surface area contributed by atoms with Crippen molar-refractivity contribution in [3.05, 3.63) is 41.4 Å². The number of aromatic nitrogens is 1. The molecule has 0 fully saturated rings. The van der Waals surface area contributed by atoms with Crippen molar-refractivity contribution in [3.8, 4) is 11.3 Å². The van der Waals surface area contributed by atoms with Gasteiger partial charge in [0.05, 0.1) is 0 Å². The molecule has 0 bridgehead atoms. The van der Waals surface area contributed by atoms with Crippen LogP contribution in [0.1, 0.15) is 49.9 Å². The molecule has 22 heavy (non-hydrogen) atoms. The van der Waals surface area contributed by atoms with Crippen molar-refractivity contribution >= 4 is 5.91 Å². The van der Waals surface area contributed by atoms with E-state index in [9.17, 15) is 14.3 Å². The lowest BCUT2D eigenvalue weighted by molar-refractivity contribution is 0.0907. The molecular weight excluding hydrogens is 287 g/mol. The van der Waals surface area contributed by atoms with Crippen LogP contribution < -0.4 is 5.32 Å². The molecule has 1 aromatic heterocycles. The zero-order chi connectivity index (χ0) is 16.5. The van der Waals surface area contributed by atoms with Gasteiger partial charge in [0.25, 0.3) is 5.91 Å². The standard InChI is InChI=1S/C16H19FN2O3/c1-9(20)14-12(15(21)18-16(2,3)4)13(19-22-14)10-5-7-11(17)8-6-10/h5-9,20H,1-4H3,(H,18,21)/t9-/m0/s1. The third kappa shape index (κ3) is 3.51. The molecule has 0 aliphatic carbocycles. The van der Waals surface area contributed by atoms with Crippen LogP contribution in [-0.2, 0) is 0 Å². The fraction of sp³-hybridized carbons (Fsp3) is 0.375. The van der Waals surface area contributed by atoms with Gasteiger partial charge in [0.2, 0.25) is 0 Å². The van der Waals surface area contributed by atoms with Crippen LogP contribution in [0.25, 0.3) is 11.3 Å². The molecule has 1 heterocycles. The molecule has 1 amide bonds. The van der Waals surface area contributed by atoms with Gasteiger partial charge in [-0.15, -0.1) is 0 Å². The van der Waals surface area contributed by atoms with E-state index in [1.54, 1.807) is 0 Å². The molecule has 5 nitrogen and oxygen atoms in total. The maximum atomic E-state index is 13.1. The number of carbonyl (C=O) groups is 1. The molecule has 0 aliphatic rings. The molecule has 0 aliphatic heterocycles. The van der Waals surface area contributed by atoms with Crippen LogP contribution in [-0.4, -0.2) is 21.7 Å². The first kappa shape index (κ1) is 16.2. The minimum absolute atomic E-state index is 0.0843. The molecule has 6 heteroatoms. The first-order valence-electron chi connectivity index (χ1n) is 6.95. The molecule has 1 atom stereocenters. The second-order valence-corrected chi connectivity index (χ2v) is 6.16. The number of amides is 1. The van der Waals surface area contributed by atoms with Gasteiger partial charge in [-0.25, -0.2) is 4.39 Å². The fourth-order valence-corrected chi connectivity index (χ4v) is 2.02. The van der Waals surface area contributed by atoms with Crippen molar-refractivity contribution in [1.82, 2.24) is 10.5 Å². The largest absolute Gasteiger partial charge is 0.385 e. The maximum Gasteiger partial charge on any atom is 0.257 e. The minimum Gasteiger partial charge on any atom is -0.385 e. The molecule has 0 radical (unpaired) electrons. The van der Waals surface area contributed by atoms with E-state index >= 15 is 0 Å². The number of aliphatic hydroxyl groups excluding tert-OH is 1. The van der Waals surface area contributed by atoms with Crippen molar-refractivity contribution < 1.29 is 18.8 Å². The van der Waals surface area contributed by atoms with Gasteiger partial charge in [-0.3, -0.25) is 4.79 Å².